The molecule has 31 heavy (non-hydrogen) atoms. The first-order valence-electron chi connectivity index (χ1n) is 9.73. The van der Waals surface area contributed by atoms with Crippen LogP contribution in [-0.2, 0) is 9.59 Å². The van der Waals surface area contributed by atoms with E-state index in [0.29, 0.717) is 27.0 Å². The summed E-state index contributed by atoms with van der Waals surface area (Å²) in [6.45, 7) is 3.93. The number of nitrogens with zero attached hydrogens (tertiary/aromatic N) is 2. The summed E-state index contributed by atoms with van der Waals surface area (Å²) in [6, 6.07) is 20.0. The third-order valence-electron chi connectivity index (χ3n) is 5.30. The second kappa shape index (κ2) is 8.22. The van der Waals surface area contributed by atoms with Crippen LogP contribution in [0.4, 0.5) is 11.4 Å². The number of likely N-dealkylation sites (N-methyl/N-ethyl adjacent to an activating group) is 1. The SMILES string of the molecule is Cc1ccc(C2=C(N(C)c3ccccc3)C(=O)N(c3cc(Cl)cc(Cl)c3)C2=O)c(C)c1. The van der Waals surface area contributed by atoms with E-state index >= 15 is 0 Å². The van der Waals surface area contributed by atoms with Gasteiger partial charge in [-0.2, -0.15) is 0 Å². The fraction of sp³-hybridized carbons (Fsp3) is 0.120. The number of benzene rings is 3. The number of anilines is 2. The molecule has 3 aromatic carbocycles. The third-order valence-corrected chi connectivity index (χ3v) is 5.73. The lowest BCUT2D eigenvalue weighted by Crippen LogP contribution is -2.34. The van der Waals surface area contributed by atoms with Crippen LogP contribution >= 0.6 is 23.2 Å². The smallest absolute Gasteiger partial charge is 0.282 e. The predicted octanol–water partition coefficient (Wildman–Crippen LogP) is 6.03. The standard InChI is InChI=1S/C25H20Cl2N2O2/c1-15-9-10-21(16(2)11-15)22-23(28(3)19-7-5-4-6-8-19)25(31)29(24(22)30)20-13-17(26)12-18(27)14-20/h4-14H,1-3H3. The summed E-state index contributed by atoms with van der Waals surface area (Å²) in [7, 11) is 1.79. The monoisotopic (exact) mass is 450 g/mol. The van der Waals surface area contributed by atoms with Crippen molar-refractivity contribution in [2.75, 3.05) is 16.8 Å². The zero-order valence-electron chi connectivity index (χ0n) is 17.3. The molecule has 0 fully saturated rings. The molecular formula is C25H20Cl2N2O2. The summed E-state index contributed by atoms with van der Waals surface area (Å²) >= 11 is 12.3. The fourth-order valence-corrected chi connectivity index (χ4v) is 4.36. The minimum Gasteiger partial charge on any atom is -0.339 e. The number of carbonyl (C=O) groups excluding carboxylic acids is 2. The van der Waals surface area contributed by atoms with Crippen LogP contribution in [0.2, 0.25) is 10.0 Å². The van der Waals surface area contributed by atoms with E-state index < -0.39 is 11.8 Å². The lowest BCUT2D eigenvalue weighted by Gasteiger charge is -2.22. The second-order valence-electron chi connectivity index (χ2n) is 7.51. The highest BCUT2D eigenvalue weighted by molar-refractivity contribution is 6.47. The van der Waals surface area contributed by atoms with Crippen LogP contribution in [0.15, 0.2) is 72.4 Å². The molecule has 0 aliphatic carbocycles. The van der Waals surface area contributed by atoms with Crippen LogP contribution in [0.1, 0.15) is 16.7 Å². The van der Waals surface area contributed by atoms with Gasteiger partial charge in [0, 0.05) is 22.8 Å². The first-order valence-corrected chi connectivity index (χ1v) is 10.5. The van der Waals surface area contributed by atoms with Gasteiger partial charge in [0.15, 0.2) is 0 Å². The minimum atomic E-state index is -0.426. The molecule has 0 N–H and O–H groups in total. The maximum Gasteiger partial charge on any atom is 0.282 e. The Hall–Kier alpha value is -3.08. The molecule has 2 amide bonds. The number of hydrogen-bond acceptors (Lipinski definition) is 3. The Balaban J connectivity index is 1.93. The van der Waals surface area contributed by atoms with Crippen molar-refractivity contribution in [2.45, 2.75) is 13.8 Å². The highest BCUT2D eigenvalue weighted by Crippen LogP contribution is 2.38. The third kappa shape index (κ3) is 3.85. The molecule has 0 spiro atoms. The van der Waals surface area contributed by atoms with Crippen LogP contribution in [0, 0.1) is 13.8 Å². The van der Waals surface area contributed by atoms with Gasteiger partial charge in [-0.15, -0.1) is 0 Å². The molecule has 0 saturated carbocycles. The minimum absolute atomic E-state index is 0.305. The molecule has 0 saturated heterocycles. The average molecular weight is 451 g/mol. The summed E-state index contributed by atoms with van der Waals surface area (Å²) in [5, 5.41) is 0.696. The Kier molecular flexibility index (Phi) is 5.61. The molecule has 0 unspecified atom stereocenters. The molecule has 1 heterocycles. The first-order chi connectivity index (χ1) is 14.8. The molecule has 4 nitrogen and oxygen atoms in total. The number of imide groups is 1. The van der Waals surface area contributed by atoms with Crippen LogP contribution in [-0.4, -0.2) is 18.9 Å². The van der Waals surface area contributed by atoms with Gasteiger partial charge in [0.2, 0.25) is 0 Å². The second-order valence-corrected chi connectivity index (χ2v) is 8.38. The Morgan fingerprint density at radius 3 is 2.06 bits per heavy atom. The molecule has 0 aromatic heterocycles. The molecular weight excluding hydrogens is 431 g/mol. The predicted molar refractivity (Wildman–Crippen MR) is 127 cm³/mol. The largest absolute Gasteiger partial charge is 0.339 e. The number of hydrogen-bond donors (Lipinski definition) is 0. The summed E-state index contributed by atoms with van der Waals surface area (Å²) in [4.78, 5) is 30.2. The van der Waals surface area contributed by atoms with Gasteiger partial charge in [-0.05, 0) is 55.3 Å². The highest BCUT2D eigenvalue weighted by Gasteiger charge is 2.42. The Morgan fingerprint density at radius 2 is 1.45 bits per heavy atom. The molecule has 1 aliphatic rings. The topological polar surface area (TPSA) is 40.6 Å². The molecule has 4 rings (SSSR count). The summed E-state index contributed by atoms with van der Waals surface area (Å²) in [5.41, 5.74) is 4.51. The Bertz CT molecular complexity index is 1220. The normalized spacial score (nSPS) is 13.9. The average Bonchev–Trinajstić information content (AvgIpc) is 2.97. The Morgan fingerprint density at radius 1 is 0.806 bits per heavy atom. The van der Waals surface area contributed by atoms with Crippen molar-refractivity contribution in [1.82, 2.24) is 0 Å². The molecule has 1 aliphatic heterocycles. The van der Waals surface area contributed by atoms with Gasteiger partial charge in [-0.3, -0.25) is 9.59 Å². The Labute approximate surface area is 191 Å². The summed E-state index contributed by atoms with van der Waals surface area (Å²) in [6.07, 6.45) is 0. The van der Waals surface area contributed by atoms with Gasteiger partial charge >= 0.3 is 0 Å². The first kappa shape index (κ1) is 21.2. The van der Waals surface area contributed by atoms with E-state index in [4.69, 9.17) is 23.2 Å². The summed E-state index contributed by atoms with van der Waals surface area (Å²) < 4.78 is 0. The van der Waals surface area contributed by atoms with Gasteiger partial charge < -0.3 is 4.90 Å². The number of aryl methyl sites for hydroxylation is 2. The molecule has 0 atom stereocenters. The quantitative estimate of drug-likeness (QED) is 0.455. The van der Waals surface area contributed by atoms with Gasteiger partial charge in [0.25, 0.3) is 11.8 Å². The molecule has 0 bridgehead atoms. The van der Waals surface area contributed by atoms with Crippen LogP contribution in [0.5, 0.6) is 0 Å². The molecule has 6 heteroatoms. The fourth-order valence-electron chi connectivity index (χ4n) is 3.85. The van der Waals surface area contributed by atoms with E-state index in [-0.39, 0.29) is 0 Å². The maximum absolute atomic E-state index is 13.7. The van der Waals surface area contributed by atoms with E-state index in [0.717, 1.165) is 27.3 Å². The number of halogens is 2. The summed E-state index contributed by atoms with van der Waals surface area (Å²) in [5.74, 6) is -0.835. The van der Waals surface area contributed by atoms with Gasteiger partial charge in [0.05, 0.1) is 11.3 Å². The number of amides is 2. The van der Waals surface area contributed by atoms with Gasteiger partial charge in [0.1, 0.15) is 5.70 Å². The van der Waals surface area contributed by atoms with Crippen molar-refractivity contribution in [3.05, 3.63) is 99.2 Å². The number of rotatable bonds is 4. The van der Waals surface area contributed by atoms with Crippen molar-refractivity contribution in [3.8, 4) is 0 Å². The van der Waals surface area contributed by atoms with Crippen molar-refractivity contribution in [3.63, 3.8) is 0 Å². The molecule has 156 valence electrons. The van der Waals surface area contributed by atoms with E-state index in [1.54, 1.807) is 30.1 Å². The number of carbonyl (C=O) groups is 2. The van der Waals surface area contributed by atoms with E-state index in [1.165, 1.54) is 0 Å². The van der Waals surface area contributed by atoms with Gasteiger partial charge in [-0.1, -0.05) is 65.2 Å². The lowest BCUT2D eigenvalue weighted by atomic mass is 9.97. The van der Waals surface area contributed by atoms with Crippen molar-refractivity contribution in [2.24, 2.45) is 0 Å². The molecule has 3 aromatic rings. The maximum atomic E-state index is 13.7. The van der Waals surface area contributed by atoms with Crippen LogP contribution in [0.25, 0.3) is 5.57 Å². The van der Waals surface area contributed by atoms with Gasteiger partial charge in [-0.25, -0.2) is 4.90 Å². The molecule has 0 radical (unpaired) electrons. The highest BCUT2D eigenvalue weighted by atomic mass is 35.5. The number of para-hydroxylation sites is 1. The zero-order chi connectivity index (χ0) is 22.3. The van der Waals surface area contributed by atoms with E-state index in [1.807, 2.05) is 62.4 Å². The van der Waals surface area contributed by atoms with E-state index in [9.17, 15) is 9.59 Å². The van der Waals surface area contributed by atoms with Crippen molar-refractivity contribution >= 4 is 52.0 Å². The van der Waals surface area contributed by atoms with Crippen LogP contribution in [0.3, 0.4) is 0 Å². The van der Waals surface area contributed by atoms with Crippen molar-refractivity contribution in [1.29, 1.82) is 0 Å². The lowest BCUT2D eigenvalue weighted by molar-refractivity contribution is -0.120. The zero-order valence-corrected chi connectivity index (χ0v) is 18.8. The van der Waals surface area contributed by atoms with Crippen LogP contribution < -0.4 is 9.80 Å². The van der Waals surface area contributed by atoms with Crippen molar-refractivity contribution < 1.29 is 9.59 Å². The van der Waals surface area contributed by atoms with E-state index in [2.05, 4.69) is 0 Å².